The molecule has 36 heavy (non-hydrogen) atoms. The summed E-state index contributed by atoms with van der Waals surface area (Å²) in [6.45, 7) is 0. The molecule has 2 aromatic heterocycles. The smallest absolute Gasteiger partial charge is 0.123 e. The molecule has 0 unspecified atom stereocenters. The summed E-state index contributed by atoms with van der Waals surface area (Å²) in [5.41, 5.74) is 10.8. The summed E-state index contributed by atoms with van der Waals surface area (Å²) in [6.07, 6.45) is 6.94. The summed E-state index contributed by atoms with van der Waals surface area (Å²) in [5, 5.41) is 0. The third-order valence-electron chi connectivity index (χ3n) is 6.56. The van der Waals surface area contributed by atoms with Gasteiger partial charge in [0.1, 0.15) is 11.6 Å². The summed E-state index contributed by atoms with van der Waals surface area (Å²) < 4.78 is 26.7. The van der Waals surface area contributed by atoms with Gasteiger partial charge < -0.3 is 0 Å². The van der Waals surface area contributed by atoms with Crippen molar-refractivity contribution < 1.29 is 8.78 Å². The molecule has 0 saturated carbocycles. The van der Waals surface area contributed by atoms with Crippen LogP contribution in [0.2, 0.25) is 0 Å². The number of aromatic nitrogens is 2. The number of halogens is 4. The maximum atomic E-state index is 13.3. The van der Waals surface area contributed by atoms with Gasteiger partial charge in [0.2, 0.25) is 0 Å². The van der Waals surface area contributed by atoms with E-state index in [4.69, 9.17) is 0 Å². The van der Waals surface area contributed by atoms with E-state index in [1.165, 1.54) is 12.1 Å². The first kappa shape index (κ1) is 24.7. The third kappa shape index (κ3) is 4.97. The number of benzene rings is 2. The Bertz CT molecular complexity index is 1380. The molecule has 2 aliphatic carbocycles. The molecule has 0 spiro atoms. The van der Waals surface area contributed by atoms with Crippen molar-refractivity contribution in [2.24, 2.45) is 0 Å². The van der Waals surface area contributed by atoms with Crippen molar-refractivity contribution in [3.05, 3.63) is 139 Å². The molecular formula is C30H22Br2F2N2. The Kier molecular flexibility index (Phi) is 7.54. The van der Waals surface area contributed by atoms with Crippen molar-refractivity contribution in [2.45, 2.75) is 25.7 Å². The summed E-state index contributed by atoms with van der Waals surface area (Å²) >= 11 is 6.84. The Labute approximate surface area is 226 Å². The highest BCUT2D eigenvalue weighted by molar-refractivity contribution is 9.11. The first-order valence-corrected chi connectivity index (χ1v) is 13.5. The monoisotopic (exact) mass is 606 g/mol. The highest BCUT2D eigenvalue weighted by atomic mass is 79.9. The largest absolute Gasteiger partial charge is 0.261 e. The first-order chi connectivity index (χ1) is 17.6. The minimum atomic E-state index is -0.179. The minimum Gasteiger partial charge on any atom is -0.261 e. The zero-order chi connectivity index (χ0) is 25.1. The molecule has 2 aliphatic rings. The Balaban J connectivity index is 0.000000148. The fourth-order valence-electron chi connectivity index (χ4n) is 4.86. The summed E-state index contributed by atoms with van der Waals surface area (Å²) in [7, 11) is 0. The normalized spacial score (nSPS) is 16.0. The maximum absolute atomic E-state index is 13.3. The maximum Gasteiger partial charge on any atom is 0.123 e. The molecule has 6 rings (SSSR count). The van der Waals surface area contributed by atoms with E-state index >= 15 is 0 Å². The topological polar surface area (TPSA) is 25.8 Å². The Morgan fingerprint density at radius 1 is 0.583 bits per heavy atom. The predicted octanol–water partition coefficient (Wildman–Crippen LogP) is 8.21. The molecule has 4 aromatic rings. The van der Waals surface area contributed by atoms with Crippen molar-refractivity contribution in [1.82, 2.24) is 9.97 Å². The molecule has 2 nitrogen and oxygen atoms in total. The van der Waals surface area contributed by atoms with E-state index in [1.807, 2.05) is 34.2 Å². The molecule has 0 amide bonds. The van der Waals surface area contributed by atoms with Crippen LogP contribution in [-0.4, -0.2) is 9.97 Å². The summed E-state index contributed by atoms with van der Waals surface area (Å²) in [5.74, 6) is -0.358. The SMILES string of the molecule is Fc1ccc2c(c1)CCc1ncccc1/C2=C/Br.Fc1ccc2c(c1)CCc1ncccc1/C2=C\Br. The standard InChI is InChI=1S/2C15H11BrFN/c2*16-9-14-12-5-4-11(17)8-10(12)3-6-15-13(14)2-1-7-18-15/h2*1-2,4-5,7-9H,3,6H2/b14-9+;14-9-. The van der Waals surface area contributed by atoms with Crippen LogP contribution in [0.3, 0.4) is 0 Å². The van der Waals surface area contributed by atoms with Crippen LogP contribution < -0.4 is 0 Å². The van der Waals surface area contributed by atoms with E-state index in [2.05, 4.69) is 54.0 Å². The second-order valence-corrected chi connectivity index (χ2v) is 9.56. The molecule has 0 saturated heterocycles. The molecule has 0 N–H and O–H groups in total. The van der Waals surface area contributed by atoms with Gasteiger partial charge in [-0.25, -0.2) is 8.78 Å². The molecule has 0 radical (unpaired) electrons. The molecule has 0 aliphatic heterocycles. The molecule has 6 heteroatoms. The minimum absolute atomic E-state index is 0.179. The van der Waals surface area contributed by atoms with Crippen LogP contribution in [0.4, 0.5) is 8.78 Å². The molecular weight excluding hydrogens is 586 g/mol. The zero-order valence-corrected chi connectivity index (χ0v) is 22.5. The quantitative estimate of drug-likeness (QED) is 0.201. The number of rotatable bonds is 0. The first-order valence-electron chi connectivity index (χ1n) is 11.7. The van der Waals surface area contributed by atoms with Gasteiger partial charge in [-0.2, -0.15) is 0 Å². The van der Waals surface area contributed by atoms with Gasteiger partial charge in [-0.15, -0.1) is 0 Å². The molecule has 2 heterocycles. The average Bonchev–Trinajstić information content (AvgIpc) is 3.16. The van der Waals surface area contributed by atoms with Gasteiger partial charge in [0.05, 0.1) is 0 Å². The van der Waals surface area contributed by atoms with E-state index < -0.39 is 0 Å². The second kappa shape index (κ2) is 11.0. The van der Waals surface area contributed by atoms with Gasteiger partial charge >= 0.3 is 0 Å². The highest BCUT2D eigenvalue weighted by Gasteiger charge is 2.20. The van der Waals surface area contributed by atoms with E-state index in [9.17, 15) is 8.78 Å². The fraction of sp³-hybridized carbons (Fsp3) is 0.133. The van der Waals surface area contributed by atoms with Crippen molar-refractivity contribution in [2.75, 3.05) is 0 Å². The average molecular weight is 608 g/mol. The van der Waals surface area contributed by atoms with E-state index in [-0.39, 0.29) is 11.6 Å². The number of nitrogens with zero attached hydrogens (tertiary/aromatic N) is 2. The lowest BCUT2D eigenvalue weighted by Gasteiger charge is -2.09. The van der Waals surface area contributed by atoms with Gasteiger partial charge in [-0.05, 0) is 105 Å². The lowest BCUT2D eigenvalue weighted by molar-refractivity contribution is 0.624. The number of pyridine rings is 2. The summed E-state index contributed by atoms with van der Waals surface area (Å²) in [6, 6.07) is 18.0. The van der Waals surface area contributed by atoms with Crippen LogP contribution in [0.1, 0.15) is 44.8 Å². The lowest BCUT2D eigenvalue weighted by atomic mass is 9.97. The van der Waals surface area contributed by atoms with Crippen LogP contribution in [0.25, 0.3) is 11.1 Å². The van der Waals surface area contributed by atoms with Crippen LogP contribution in [0.5, 0.6) is 0 Å². The fourth-order valence-corrected chi connectivity index (χ4v) is 5.85. The molecule has 2 aromatic carbocycles. The zero-order valence-electron chi connectivity index (χ0n) is 19.3. The highest BCUT2D eigenvalue weighted by Crippen LogP contribution is 2.34. The molecule has 0 atom stereocenters. The van der Waals surface area contributed by atoms with E-state index in [0.29, 0.717) is 0 Å². The van der Waals surface area contributed by atoms with Gasteiger partial charge in [0, 0.05) is 34.9 Å². The van der Waals surface area contributed by atoms with Gasteiger partial charge in [0.25, 0.3) is 0 Å². The molecule has 0 bridgehead atoms. The number of aryl methyl sites for hydroxylation is 4. The van der Waals surface area contributed by atoms with Crippen LogP contribution in [0, 0.1) is 11.6 Å². The summed E-state index contributed by atoms with van der Waals surface area (Å²) in [4.78, 5) is 12.7. The number of fused-ring (bicyclic) bond motifs is 4. The van der Waals surface area contributed by atoms with Crippen LogP contribution in [-0.2, 0) is 25.7 Å². The third-order valence-corrected chi connectivity index (χ3v) is 7.47. The Hall–Kier alpha value is -2.96. The Morgan fingerprint density at radius 3 is 1.44 bits per heavy atom. The van der Waals surface area contributed by atoms with Gasteiger partial charge in [-0.1, -0.05) is 56.1 Å². The second-order valence-electron chi connectivity index (χ2n) is 8.64. The van der Waals surface area contributed by atoms with Crippen molar-refractivity contribution >= 4 is 43.0 Å². The van der Waals surface area contributed by atoms with Gasteiger partial charge in [-0.3, -0.25) is 9.97 Å². The van der Waals surface area contributed by atoms with E-state index in [0.717, 1.165) is 81.6 Å². The van der Waals surface area contributed by atoms with Crippen molar-refractivity contribution in [3.8, 4) is 0 Å². The van der Waals surface area contributed by atoms with Crippen molar-refractivity contribution in [1.29, 1.82) is 0 Å². The van der Waals surface area contributed by atoms with Crippen LogP contribution in [0.15, 0.2) is 83.0 Å². The predicted molar refractivity (Wildman–Crippen MR) is 148 cm³/mol. The Morgan fingerprint density at radius 2 is 1.03 bits per heavy atom. The molecule has 0 fully saturated rings. The lowest BCUT2D eigenvalue weighted by Crippen LogP contribution is -1.94. The number of hydrogen-bond acceptors (Lipinski definition) is 2. The van der Waals surface area contributed by atoms with E-state index in [1.54, 1.807) is 24.5 Å². The number of hydrogen-bond donors (Lipinski definition) is 0. The molecule has 180 valence electrons. The van der Waals surface area contributed by atoms with Crippen molar-refractivity contribution in [3.63, 3.8) is 0 Å². The van der Waals surface area contributed by atoms with Gasteiger partial charge in [0.15, 0.2) is 0 Å². The van der Waals surface area contributed by atoms with Crippen LogP contribution >= 0.6 is 31.9 Å².